The molecule has 8 nitrogen and oxygen atoms in total. The predicted molar refractivity (Wildman–Crippen MR) is 119 cm³/mol. The van der Waals surface area contributed by atoms with Crippen molar-refractivity contribution in [3.05, 3.63) is 48.5 Å². The summed E-state index contributed by atoms with van der Waals surface area (Å²) >= 11 is 0. The maximum Gasteiger partial charge on any atom is 0.317 e. The Morgan fingerprint density at radius 3 is 2.35 bits per heavy atom. The SMILES string of the molecule is COc1ccc(N2CC(NC(=O)N3CCN(c4ccccc4OC)CC3)CC2=O)cc1. The van der Waals surface area contributed by atoms with Gasteiger partial charge in [0.05, 0.1) is 25.9 Å². The summed E-state index contributed by atoms with van der Waals surface area (Å²) in [4.78, 5) is 31.0. The van der Waals surface area contributed by atoms with E-state index in [9.17, 15) is 9.59 Å². The molecule has 1 unspecified atom stereocenters. The Hall–Kier alpha value is -3.42. The number of ether oxygens (including phenoxy) is 2. The predicted octanol–water partition coefficient (Wildman–Crippen LogP) is 2.34. The number of anilines is 2. The molecule has 2 aromatic carbocycles. The molecule has 8 heteroatoms. The second-order valence-corrected chi connectivity index (χ2v) is 7.70. The second-order valence-electron chi connectivity index (χ2n) is 7.70. The van der Waals surface area contributed by atoms with Gasteiger partial charge in [-0.3, -0.25) is 4.79 Å². The van der Waals surface area contributed by atoms with Crippen LogP contribution in [0.2, 0.25) is 0 Å². The number of carbonyl (C=O) groups excluding carboxylic acids is 2. The summed E-state index contributed by atoms with van der Waals surface area (Å²) in [5.41, 5.74) is 1.86. The molecule has 31 heavy (non-hydrogen) atoms. The lowest BCUT2D eigenvalue weighted by molar-refractivity contribution is -0.117. The fourth-order valence-corrected chi connectivity index (χ4v) is 4.12. The number of rotatable bonds is 5. The molecule has 2 saturated heterocycles. The standard InChI is InChI=1S/C23H28N4O4/c1-30-19-9-7-18(8-10-19)27-16-17(15-22(27)28)24-23(29)26-13-11-25(12-14-26)20-5-3-4-6-21(20)31-2/h3-10,17H,11-16H2,1-2H3,(H,24,29). The van der Waals surface area contributed by atoms with Crippen LogP contribution in [0.5, 0.6) is 11.5 Å². The van der Waals surface area contributed by atoms with Crippen LogP contribution < -0.4 is 24.6 Å². The van der Waals surface area contributed by atoms with E-state index in [0.29, 0.717) is 26.1 Å². The fraction of sp³-hybridized carbons (Fsp3) is 0.391. The Kier molecular flexibility index (Phi) is 6.16. The third kappa shape index (κ3) is 4.52. The van der Waals surface area contributed by atoms with E-state index in [-0.39, 0.29) is 18.0 Å². The summed E-state index contributed by atoms with van der Waals surface area (Å²) in [6.07, 6.45) is 0.305. The van der Waals surface area contributed by atoms with Gasteiger partial charge in [-0.2, -0.15) is 0 Å². The first-order valence-corrected chi connectivity index (χ1v) is 10.5. The summed E-state index contributed by atoms with van der Waals surface area (Å²) in [6, 6.07) is 15.0. The minimum atomic E-state index is -0.200. The van der Waals surface area contributed by atoms with E-state index in [1.807, 2.05) is 53.4 Å². The topological polar surface area (TPSA) is 74.3 Å². The van der Waals surface area contributed by atoms with E-state index >= 15 is 0 Å². The minimum absolute atomic E-state index is 0.0106. The largest absolute Gasteiger partial charge is 0.497 e. The molecule has 1 atom stereocenters. The number of hydrogen-bond donors (Lipinski definition) is 1. The van der Waals surface area contributed by atoms with Gasteiger partial charge in [0.2, 0.25) is 5.91 Å². The Labute approximate surface area is 182 Å². The van der Waals surface area contributed by atoms with Crippen LogP contribution in [0, 0.1) is 0 Å². The van der Waals surface area contributed by atoms with Gasteiger partial charge in [-0.1, -0.05) is 12.1 Å². The van der Waals surface area contributed by atoms with E-state index in [2.05, 4.69) is 10.2 Å². The Morgan fingerprint density at radius 2 is 1.68 bits per heavy atom. The summed E-state index contributed by atoms with van der Waals surface area (Å²) < 4.78 is 10.6. The van der Waals surface area contributed by atoms with Gasteiger partial charge >= 0.3 is 6.03 Å². The number of nitrogens with one attached hydrogen (secondary N) is 1. The quantitative estimate of drug-likeness (QED) is 0.798. The first-order valence-electron chi connectivity index (χ1n) is 10.5. The van der Waals surface area contributed by atoms with Crippen molar-refractivity contribution in [3.63, 3.8) is 0 Å². The lowest BCUT2D eigenvalue weighted by atomic mass is 10.2. The van der Waals surface area contributed by atoms with Crippen LogP contribution in [0.25, 0.3) is 0 Å². The van der Waals surface area contributed by atoms with Gasteiger partial charge in [-0.15, -0.1) is 0 Å². The zero-order valence-electron chi connectivity index (χ0n) is 17.9. The van der Waals surface area contributed by atoms with Crippen molar-refractivity contribution in [1.29, 1.82) is 0 Å². The van der Waals surface area contributed by atoms with Gasteiger partial charge in [0.25, 0.3) is 0 Å². The van der Waals surface area contributed by atoms with Crippen LogP contribution in [-0.2, 0) is 4.79 Å². The van der Waals surface area contributed by atoms with Crippen molar-refractivity contribution >= 4 is 23.3 Å². The molecule has 0 saturated carbocycles. The van der Waals surface area contributed by atoms with E-state index in [4.69, 9.17) is 9.47 Å². The summed E-state index contributed by atoms with van der Waals surface area (Å²) in [7, 11) is 3.28. The Balaban J connectivity index is 1.30. The molecule has 2 fully saturated rings. The lowest BCUT2D eigenvalue weighted by Crippen LogP contribution is -2.54. The molecule has 4 rings (SSSR count). The molecule has 2 aliphatic rings. The molecule has 2 heterocycles. The number of carbonyl (C=O) groups is 2. The average molecular weight is 425 g/mol. The third-order valence-corrected chi connectivity index (χ3v) is 5.83. The number of hydrogen-bond acceptors (Lipinski definition) is 5. The van der Waals surface area contributed by atoms with Crippen LogP contribution in [0.1, 0.15) is 6.42 Å². The highest BCUT2D eigenvalue weighted by Gasteiger charge is 2.33. The van der Waals surface area contributed by atoms with E-state index in [0.717, 1.165) is 36.0 Å². The van der Waals surface area contributed by atoms with Crippen molar-refractivity contribution in [2.75, 3.05) is 56.7 Å². The number of urea groups is 1. The fourth-order valence-electron chi connectivity index (χ4n) is 4.12. The molecule has 2 aliphatic heterocycles. The second kappa shape index (κ2) is 9.16. The zero-order valence-corrected chi connectivity index (χ0v) is 17.9. The number of benzene rings is 2. The number of nitrogens with zero attached hydrogens (tertiary/aromatic N) is 3. The normalized spacial score (nSPS) is 18.8. The first kappa shape index (κ1) is 20.8. The molecule has 3 amide bonds. The van der Waals surface area contributed by atoms with E-state index < -0.39 is 0 Å². The smallest absolute Gasteiger partial charge is 0.317 e. The average Bonchev–Trinajstić information content (AvgIpc) is 3.18. The number of amides is 3. The van der Waals surface area contributed by atoms with Crippen LogP contribution in [0.4, 0.5) is 16.2 Å². The van der Waals surface area contributed by atoms with Gasteiger partial charge in [0.1, 0.15) is 11.5 Å². The highest BCUT2D eigenvalue weighted by Crippen LogP contribution is 2.28. The molecule has 0 aliphatic carbocycles. The Bertz CT molecular complexity index is 925. The van der Waals surface area contributed by atoms with Crippen molar-refractivity contribution in [2.45, 2.75) is 12.5 Å². The molecular weight excluding hydrogens is 396 g/mol. The van der Waals surface area contributed by atoms with Crippen molar-refractivity contribution in [2.24, 2.45) is 0 Å². The van der Waals surface area contributed by atoms with Gasteiger partial charge < -0.3 is 29.5 Å². The number of para-hydroxylation sites is 2. The van der Waals surface area contributed by atoms with Gasteiger partial charge in [0.15, 0.2) is 0 Å². The zero-order chi connectivity index (χ0) is 21.8. The highest BCUT2D eigenvalue weighted by atomic mass is 16.5. The maximum atomic E-state index is 12.8. The van der Waals surface area contributed by atoms with E-state index in [1.165, 1.54) is 0 Å². The highest BCUT2D eigenvalue weighted by molar-refractivity contribution is 5.96. The number of piperazine rings is 1. The first-order chi connectivity index (χ1) is 15.1. The molecule has 164 valence electrons. The van der Waals surface area contributed by atoms with Gasteiger partial charge in [-0.05, 0) is 36.4 Å². The van der Waals surface area contributed by atoms with Crippen LogP contribution >= 0.6 is 0 Å². The van der Waals surface area contributed by atoms with Crippen LogP contribution in [-0.4, -0.2) is 69.8 Å². The molecule has 2 aromatic rings. The number of methoxy groups -OCH3 is 2. The van der Waals surface area contributed by atoms with E-state index in [1.54, 1.807) is 19.1 Å². The van der Waals surface area contributed by atoms with Crippen LogP contribution in [0.3, 0.4) is 0 Å². The third-order valence-electron chi connectivity index (χ3n) is 5.83. The molecule has 0 aromatic heterocycles. The lowest BCUT2D eigenvalue weighted by Gasteiger charge is -2.37. The molecule has 0 radical (unpaired) electrons. The maximum absolute atomic E-state index is 12.8. The summed E-state index contributed by atoms with van der Waals surface area (Å²) in [5, 5.41) is 3.04. The molecule has 1 N–H and O–H groups in total. The van der Waals surface area contributed by atoms with Gasteiger partial charge in [-0.25, -0.2) is 4.79 Å². The van der Waals surface area contributed by atoms with Gasteiger partial charge in [0, 0.05) is 44.8 Å². The molecular formula is C23H28N4O4. The monoisotopic (exact) mass is 424 g/mol. The van der Waals surface area contributed by atoms with Crippen molar-refractivity contribution in [1.82, 2.24) is 10.2 Å². The Morgan fingerprint density at radius 1 is 0.968 bits per heavy atom. The molecule has 0 spiro atoms. The summed E-state index contributed by atoms with van der Waals surface area (Å²) in [5.74, 6) is 1.59. The van der Waals surface area contributed by atoms with Crippen molar-refractivity contribution < 1.29 is 19.1 Å². The molecule has 0 bridgehead atoms. The minimum Gasteiger partial charge on any atom is -0.497 e. The summed E-state index contributed by atoms with van der Waals surface area (Å²) in [6.45, 7) is 3.17. The van der Waals surface area contributed by atoms with Crippen molar-refractivity contribution in [3.8, 4) is 11.5 Å². The van der Waals surface area contributed by atoms with Crippen LogP contribution in [0.15, 0.2) is 48.5 Å².